The summed E-state index contributed by atoms with van der Waals surface area (Å²) in [7, 11) is 1.63. The van der Waals surface area contributed by atoms with Gasteiger partial charge in [-0.1, -0.05) is 0 Å². The largest absolute Gasteiger partial charge is 0.480 e. The van der Waals surface area contributed by atoms with Crippen molar-refractivity contribution in [1.82, 2.24) is 20.2 Å². The van der Waals surface area contributed by atoms with Gasteiger partial charge in [-0.3, -0.25) is 5.10 Å². The van der Waals surface area contributed by atoms with Crippen molar-refractivity contribution in [3.05, 3.63) is 30.6 Å². The molecule has 0 aliphatic carbocycles. The highest BCUT2D eigenvalue weighted by atomic mass is 16.5. The molecule has 7 nitrogen and oxygen atoms in total. The maximum atomic E-state index is 5.69. The first-order valence-corrected chi connectivity index (χ1v) is 8.54. The predicted molar refractivity (Wildman–Crippen MR) is 93.8 cm³/mol. The van der Waals surface area contributed by atoms with Gasteiger partial charge in [-0.05, 0) is 31.0 Å². The van der Waals surface area contributed by atoms with Crippen LogP contribution >= 0.6 is 0 Å². The highest BCUT2D eigenvalue weighted by molar-refractivity contribution is 5.96. The van der Waals surface area contributed by atoms with E-state index in [9.17, 15) is 0 Å². The van der Waals surface area contributed by atoms with E-state index in [0.29, 0.717) is 18.0 Å². The molecule has 2 aliphatic heterocycles. The van der Waals surface area contributed by atoms with E-state index in [0.717, 1.165) is 41.2 Å². The fourth-order valence-corrected chi connectivity index (χ4v) is 4.01. The van der Waals surface area contributed by atoms with Crippen LogP contribution in [0.1, 0.15) is 12.8 Å². The second-order valence-electron chi connectivity index (χ2n) is 6.55. The van der Waals surface area contributed by atoms with Crippen molar-refractivity contribution in [2.24, 2.45) is 0 Å². The minimum absolute atomic E-state index is 0.425. The van der Waals surface area contributed by atoms with Crippen LogP contribution in [0.5, 0.6) is 5.88 Å². The molecule has 25 heavy (non-hydrogen) atoms. The Hall–Kier alpha value is -2.67. The van der Waals surface area contributed by atoms with E-state index in [-0.39, 0.29) is 0 Å². The molecule has 2 atom stereocenters. The molecule has 7 heteroatoms. The third-order valence-corrected chi connectivity index (χ3v) is 5.16. The number of H-pyrrole nitrogens is 1. The van der Waals surface area contributed by atoms with Gasteiger partial charge in [-0.15, -0.1) is 0 Å². The maximum Gasteiger partial charge on any atom is 0.224 e. The van der Waals surface area contributed by atoms with Crippen molar-refractivity contribution in [2.75, 3.05) is 25.2 Å². The van der Waals surface area contributed by atoms with Crippen molar-refractivity contribution in [3.63, 3.8) is 0 Å². The number of ether oxygens (including phenoxy) is 2. The average molecular weight is 337 g/mol. The van der Waals surface area contributed by atoms with Crippen LogP contribution in [0.4, 0.5) is 5.82 Å². The third-order valence-electron chi connectivity index (χ3n) is 5.16. The number of aromatic nitrogens is 4. The number of hydrogen-bond donors (Lipinski definition) is 1. The lowest BCUT2D eigenvalue weighted by Gasteiger charge is -2.35. The molecule has 2 bridgehead atoms. The number of nitrogens with one attached hydrogen (secondary N) is 1. The quantitative estimate of drug-likeness (QED) is 0.791. The minimum Gasteiger partial charge on any atom is -0.480 e. The first kappa shape index (κ1) is 14.7. The number of fused-ring (bicyclic) bond motifs is 3. The summed E-state index contributed by atoms with van der Waals surface area (Å²) in [6.07, 6.45) is 5.90. The van der Waals surface area contributed by atoms with Crippen LogP contribution in [-0.4, -0.2) is 52.6 Å². The summed E-state index contributed by atoms with van der Waals surface area (Å²) in [6.45, 7) is 1.57. The monoisotopic (exact) mass is 337 g/mol. The summed E-state index contributed by atoms with van der Waals surface area (Å²) >= 11 is 0. The second-order valence-corrected chi connectivity index (χ2v) is 6.55. The fourth-order valence-electron chi connectivity index (χ4n) is 4.01. The Balaban J connectivity index is 1.60. The molecular weight excluding hydrogens is 318 g/mol. The Kier molecular flexibility index (Phi) is 3.34. The summed E-state index contributed by atoms with van der Waals surface area (Å²) < 4.78 is 11.1. The van der Waals surface area contributed by atoms with Crippen LogP contribution in [0.25, 0.3) is 22.2 Å². The third kappa shape index (κ3) is 2.26. The normalized spacial score (nSPS) is 22.5. The average Bonchev–Trinajstić information content (AvgIpc) is 3.20. The van der Waals surface area contributed by atoms with E-state index in [1.807, 2.05) is 18.3 Å². The zero-order valence-electron chi connectivity index (χ0n) is 14.0. The molecule has 5 heterocycles. The summed E-state index contributed by atoms with van der Waals surface area (Å²) in [5.41, 5.74) is 2.75. The molecule has 3 aromatic rings. The molecule has 0 amide bonds. The van der Waals surface area contributed by atoms with Gasteiger partial charge in [0.2, 0.25) is 5.88 Å². The van der Waals surface area contributed by atoms with Gasteiger partial charge in [-0.25, -0.2) is 9.97 Å². The molecule has 5 rings (SSSR count). The van der Waals surface area contributed by atoms with Crippen molar-refractivity contribution in [3.8, 4) is 17.1 Å². The number of nitrogens with zero attached hydrogens (tertiary/aromatic N) is 4. The zero-order valence-corrected chi connectivity index (χ0v) is 14.0. The molecule has 1 N–H and O–H groups in total. The minimum atomic E-state index is 0.425. The Morgan fingerprint density at radius 3 is 2.76 bits per heavy atom. The van der Waals surface area contributed by atoms with Gasteiger partial charge in [-0.2, -0.15) is 5.10 Å². The Bertz CT molecular complexity index is 909. The summed E-state index contributed by atoms with van der Waals surface area (Å²) in [6, 6.07) is 6.84. The summed E-state index contributed by atoms with van der Waals surface area (Å²) in [5, 5.41) is 8.46. The van der Waals surface area contributed by atoms with E-state index in [1.54, 1.807) is 13.3 Å². The van der Waals surface area contributed by atoms with E-state index >= 15 is 0 Å². The standard InChI is InChI=1S/C18H19N5O2/c1-24-18-16-14(5-7-20-18)21-22-17(16)11-4-6-19-15(8-11)23-12-2-3-13(23)10-25-9-12/h4-8,12-13H,2-3,9-10H2,1H3,(H,21,22)/t12-,13+. The van der Waals surface area contributed by atoms with Crippen LogP contribution in [0.15, 0.2) is 30.6 Å². The van der Waals surface area contributed by atoms with Gasteiger partial charge >= 0.3 is 0 Å². The van der Waals surface area contributed by atoms with Crippen LogP contribution < -0.4 is 9.64 Å². The molecule has 2 saturated heterocycles. The lowest BCUT2D eigenvalue weighted by molar-refractivity contribution is 0.0902. The summed E-state index contributed by atoms with van der Waals surface area (Å²) in [5.74, 6) is 1.57. The van der Waals surface area contributed by atoms with E-state index in [2.05, 4.69) is 31.1 Å². The lowest BCUT2D eigenvalue weighted by atomic mass is 10.1. The number of morpholine rings is 1. The first-order valence-electron chi connectivity index (χ1n) is 8.54. The van der Waals surface area contributed by atoms with Crippen molar-refractivity contribution in [1.29, 1.82) is 0 Å². The number of aromatic amines is 1. The van der Waals surface area contributed by atoms with E-state index in [1.165, 1.54) is 12.8 Å². The SMILES string of the molecule is COc1nccc2[nH]nc(-c3ccnc(N4[C@@H]5CC[C@H]4COC5)c3)c12. The highest BCUT2D eigenvalue weighted by Gasteiger charge is 2.38. The number of pyridine rings is 2. The molecule has 0 aromatic carbocycles. The number of methoxy groups -OCH3 is 1. The first-order chi connectivity index (χ1) is 12.3. The van der Waals surface area contributed by atoms with E-state index < -0.39 is 0 Å². The molecule has 128 valence electrons. The molecule has 2 aliphatic rings. The van der Waals surface area contributed by atoms with Crippen molar-refractivity contribution < 1.29 is 9.47 Å². The van der Waals surface area contributed by atoms with Crippen LogP contribution in [0.3, 0.4) is 0 Å². The molecular formula is C18H19N5O2. The molecule has 0 unspecified atom stereocenters. The number of hydrogen-bond acceptors (Lipinski definition) is 6. The Morgan fingerprint density at radius 2 is 1.96 bits per heavy atom. The van der Waals surface area contributed by atoms with Gasteiger partial charge in [0.05, 0.1) is 43.3 Å². The Labute approximate surface area is 145 Å². The lowest BCUT2D eigenvalue weighted by Crippen LogP contribution is -2.46. The smallest absolute Gasteiger partial charge is 0.224 e. The van der Waals surface area contributed by atoms with Gasteiger partial charge < -0.3 is 14.4 Å². The molecule has 2 fully saturated rings. The zero-order chi connectivity index (χ0) is 16.8. The fraction of sp³-hybridized carbons (Fsp3) is 0.389. The van der Waals surface area contributed by atoms with Crippen LogP contribution in [0.2, 0.25) is 0 Å². The van der Waals surface area contributed by atoms with Crippen molar-refractivity contribution >= 4 is 16.7 Å². The second kappa shape index (κ2) is 5.70. The maximum absolute atomic E-state index is 5.69. The highest BCUT2D eigenvalue weighted by Crippen LogP contribution is 2.36. The van der Waals surface area contributed by atoms with Gasteiger partial charge in [0.25, 0.3) is 0 Å². The predicted octanol–water partition coefficient (Wildman–Crippen LogP) is 2.40. The van der Waals surface area contributed by atoms with E-state index in [4.69, 9.17) is 9.47 Å². The van der Waals surface area contributed by atoms with Crippen molar-refractivity contribution in [2.45, 2.75) is 24.9 Å². The van der Waals surface area contributed by atoms with Gasteiger partial charge in [0.15, 0.2) is 0 Å². The van der Waals surface area contributed by atoms with Crippen LogP contribution in [-0.2, 0) is 4.74 Å². The molecule has 0 radical (unpaired) electrons. The molecule has 0 saturated carbocycles. The molecule has 3 aromatic heterocycles. The summed E-state index contributed by atoms with van der Waals surface area (Å²) in [4.78, 5) is 11.3. The molecule has 0 spiro atoms. The number of anilines is 1. The Morgan fingerprint density at radius 1 is 1.16 bits per heavy atom. The van der Waals surface area contributed by atoms with Crippen LogP contribution in [0, 0.1) is 0 Å². The van der Waals surface area contributed by atoms with Gasteiger partial charge in [0.1, 0.15) is 11.5 Å². The number of rotatable bonds is 3. The topological polar surface area (TPSA) is 76.2 Å². The van der Waals surface area contributed by atoms with Gasteiger partial charge in [0, 0.05) is 18.0 Å².